The van der Waals surface area contributed by atoms with Gasteiger partial charge in [-0.1, -0.05) is 53.1 Å². The molecule has 1 aliphatic heterocycles. The summed E-state index contributed by atoms with van der Waals surface area (Å²) in [5.74, 6) is 0.221. The first-order valence-corrected chi connectivity index (χ1v) is 9.71. The molecule has 2 aromatic carbocycles. The number of aromatic nitrogens is 2. The van der Waals surface area contributed by atoms with Crippen LogP contribution in [0.25, 0.3) is 0 Å². The van der Waals surface area contributed by atoms with Crippen LogP contribution in [-0.2, 0) is 0 Å². The third-order valence-electron chi connectivity index (χ3n) is 5.03. The number of aryl methyl sites for hydroxylation is 1. The maximum atomic E-state index is 12.8. The second-order valence-corrected chi connectivity index (χ2v) is 7.15. The van der Waals surface area contributed by atoms with Gasteiger partial charge in [-0.3, -0.25) is 4.79 Å². The van der Waals surface area contributed by atoms with E-state index in [4.69, 9.17) is 4.42 Å². The quantitative estimate of drug-likeness (QED) is 0.731. The number of hydrogen-bond acceptors (Lipinski definition) is 5. The van der Waals surface area contributed by atoms with Gasteiger partial charge in [-0.25, -0.2) is 0 Å². The van der Waals surface area contributed by atoms with Crippen LogP contribution in [0.3, 0.4) is 0 Å². The van der Waals surface area contributed by atoms with E-state index < -0.39 is 6.04 Å². The average Bonchev–Trinajstić information content (AvgIpc) is 3.23. The van der Waals surface area contributed by atoms with Crippen LogP contribution in [0.5, 0.6) is 0 Å². The van der Waals surface area contributed by atoms with Crippen LogP contribution >= 0.6 is 0 Å². The van der Waals surface area contributed by atoms with Crippen molar-refractivity contribution < 1.29 is 9.21 Å². The van der Waals surface area contributed by atoms with Gasteiger partial charge in [0.05, 0.1) is 0 Å². The molecule has 1 atom stereocenters. The van der Waals surface area contributed by atoms with Crippen LogP contribution in [0.1, 0.15) is 52.7 Å². The van der Waals surface area contributed by atoms with Gasteiger partial charge in [-0.15, -0.1) is 5.10 Å². The molecular formula is C22H24N4O2. The molecule has 2 heterocycles. The highest BCUT2D eigenvalue weighted by atomic mass is 16.4. The molecule has 0 bridgehead atoms. The number of piperidine rings is 1. The minimum atomic E-state index is -0.499. The number of nitrogens with one attached hydrogen (secondary N) is 1. The zero-order valence-electron chi connectivity index (χ0n) is 16.0. The Morgan fingerprint density at radius 1 is 1.00 bits per heavy atom. The van der Waals surface area contributed by atoms with Crippen molar-refractivity contribution in [1.82, 2.24) is 15.5 Å². The van der Waals surface area contributed by atoms with E-state index in [0.717, 1.165) is 37.1 Å². The highest BCUT2D eigenvalue weighted by Gasteiger charge is 2.25. The highest BCUT2D eigenvalue weighted by Crippen LogP contribution is 2.25. The first-order chi connectivity index (χ1) is 13.7. The highest BCUT2D eigenvalue weighted by molar-refractivity contribution is 5.94. The standard InChI is InChI=1S/C22H24N4O2/c1-16-10-12-18(13-11-16)20(27)23-19(17-8-4-2-5-9-17)21-24-25-22(28-21)26-14-6-3-7-15-26/h2,4-5,8-13,19H,3,6-7,14-15H2,1H3,(H,23,27)/t19-/m1/s1. The second kappa shape index (κ2) is 8.25. The third kappa shape index (κ3) is 4.06. The van der Waals surface area contributed by atoms with Gasteiger partial charge in [0.1, 0.15) is 6.04 Å². The molecule has 6 heteroatoms. The van der Waals surface area contributed by atoms with Gasteiger partial charge in [0, 0.05) is 18.7 Å². The normalized spacial score (nSPS) is 15.2. The van der Waals surface area contributed by atoms with E-state index in [0.29, 0.717) is 17.5 Å². The lowest BCUT2D eigenvalue weighted by molar-refractivity contribution is 0.0938. The molecule has 1 amide bonds. The largest absolute Gasteiger partial charge is 0.405 e. The maximum Gasteiger partial charge on any atom is 0.318 e. The molecule has 0 radical (unpaired) electrons. The summed E-state index contributed by atoms with van der Waals surface area (Å²) in [4.78, 5) is 14.9. The Morgan fingerprint density at radius 2 is 1.71 bits per heavy atom. The Hall–Kier alpha value is -3.15. The SMILES string of the molecule is Cc1ccc(C(=O)N[C@H](c2ccccc2)c2nnc(N3CCCCC3)o2)cc1. The molecule has 1 saturated heterocycles. The summed E-state index contributed by atoms with van der Waals surface area (Å²) in [6, 6.07) is 17.2. The van der Waals surface area contributed by atoms with Gasteiger partial charge >= 0.3 is 6.01 Å². The van der Waals surface area contributed by atoms with Gasteiger partial charge in [-0.05, 0) is 43.9 Å². The molecule has 0 aliphatic carbocycles. The summed E-state index contributed by atoms with van der Waals surface area (Å²) in [7, 11) is 0. The lowest BCUT2D eigenvalue weighted by Crippen LogP contribution is -2.30. The van der Waals surface area contributed by atoms with E-state index in [1.54, 1.807) is 0 Å². The molecule has 28 heavy (non-hydrogen) atoms. The van der Waals surface area contributed by atoms with E-state index in [1.165, 1.54) is 6.42 Å². The summed E-state index contributed by atoms with van der Waals surface area (Å²) in [5.41, 5.74) is 2.61. The van der Waals surface area contributed by atoms with E-state index in [1.807, 2.05) is 61.5 Å². The van der Waals surface area contributed by atoms with E-state index in [2.05, 4.69) is 20.4 Å². The number of benzene rings is 2. The van der Waals surface area contributed by atoms with Gasteiger partial charge in [0.2, 0.25) is 5.89 Å². The van der Waals surface area contributed by atoms with Crippen molar-refractivity contribution >= 4 is 11.9 Å². The van der Waals surface area contributed by atoms with Crippen molar-refractivity contribution in [1.29, 1.82) is 0 Å². The Balaban J connectivity index is 1.60. The molecule has 1 aliphatic rings. The van der Waals surface area contributed by atoms with Gasteiger partial charge in [0.25, 0.3) is 5.91 Å². The number of nitrogens with zero attached hydrogens (tertiary/aromatic N) is 3. The number of carbonyl (C=O) groups excluding carboxylic acids is 1. The minimum Gasteiger partial charge on any atom is -0.405 e. The van der Waals surface area contributed by atoms with Crippen molar-refractivity contribution in [3.8, 4) is 0 Å². The average molecular weight is 376 g/mol. The fraction of sp³-hybridized carbons (Fsp3) is 0.318. The molecule has 6 nitrogen and oxygen atoms in total. The smallest absolute Gasteiger partial charge is 0.318 e. The fourth-order valence-electron chi connectivity index (χ4n) is 3.41. The first-order valence-electron chi connectivity index (χ1n) is 9.71. The van der Waals surface area contributed by atoms with Crippen LogP contribution in [0.15, 0.2) is 59.0 Å². The lowest BCUT2D eigenvalue weighted by Gasteiger charge is -2.24. The lowest BCUT2D eigenvalue weighted by atomic mass is 10.1. The molecule has 3 aromatic rings. The summed E-state index contributed by atoms with van der Waals surface area (Å²) in [5, 5.41) is 11.5. The van der Waals surface area contributed by atoms with Crippen molar-refractivity contribution in [3.63, 3.8) is 0 Å². The van der Waals surface area contributed by atoms with Crippen molar-refractivity contribution in [2.45, 2.75) is 32.2 Å². The number of anilines is 1. The fourth-order valence-corrected chi connectivity index (χ4v) is 3.41. The van der Waals surface area contributed by atoms with E-state index in [9.17, 15) is 4.79 Å². The number of carbonyl (C=O) groups is 1. The molecule has 144 valence electrons. The summed E-state index contributed by atoms with van der Waals surface area (Å²) < 4.78 is 5.98. The van der Waals surface area contributed by atoms with Gasteiger partial charge < -0.3 is 14.6 Å². The summed E-state index contributed by atoms with van der Waals surface area (Å²) in [6.07, 6.45) is 3.49. The maximum absolute atomic E-state index is 12.8. The third-order valence-corrected chi connectivity index (χ3v) is 5.03. The number of rotatable bonds is 5. The summed E-state index contributed by atoms with van der Waals surface area (Å²) in [6.45, 7) is 3.84. The molecule has 4 rings (SSSR count). The molecule has 1 N–H and O–H groups in total. The zero-order chi connectivity index (χ0) is 19.3. The topological polar surface area (TPSA) is 71.3 Å². The van der Waals surface area contributed by atoms with Crippen molar-refractivity contribution in [2.24, 2.45) is 0 Å². The molecular weight excluding hydrogens is 352 g/mol. The Kier molecular flexibility index (Phi) is 5.37. The van der Waals surface area contributed by atoms with Crippen molar-refractivity contribution in [3.05, 3.63) is 77.2 Å². The predicted octanol–water partition coefficient (Wildman–Crippen LogP) is 3.89. The molecule has 0 saturated carbocycles. The molecule has 1 fully saturated rings. The van der Waals surface area contributed by atoms with Gasteiger partial charge in [0.15, 0.2) is 0 Å². The zero-order valence-corrected chi connectivity index (χ0v) is 16.0. The first kappa shape index (κ1) is 18.2. The predicted molar refractivity (Wildman–Crippen MR) is 107 cm³/mol. The molecule has 1 aromatic heterocycles. The molecule has 0 spiro atoms. The van der Waals surface area contributed by atoms with Crippen LogP contribution in [-0.4, -0.2) is 29.2 Å². The summed E-state index contributed by atoms with van der Waals surface area (Å²) >= 11 is 0. The van der Waals surface area contributed by atoms with Crippen LogP contribution < -0.4 is 10.2 Å². The van der Waals surface area contributed by atoms with Gasteiger partial charge in [-0.2, -0.15) is 0 Å². The Labute approximate surface area is 164 Å². The number of hydrogen-bond donors (Lipinski definition) is 1. The monoisotopic (exact) mass is 376 g/mol. The van der Waals surface area contributed by atoms with Crippen LogP contribution in [0.2, 0.25) is 0 Å². The Morgan fingerprint density at radius 3 is 2.43 bits per heavy atom. The Bertz CT molecular complexity index is 915. The van der Waals surface area contributed by atoms with E-state index in [-0.39, 0.29) is 5.91 Å². The van der Waals surface area contributed by atoms with Crippen LogP contribution in [0, 0.1) is 6.92 Å². The van der Waals surface area contributed by atoms with Crippen LogP contribution in [0.4, 0.5) is 6.01 Å². The number of amides is 1. The van der Waals surface area contributed by atoms with Crippen molar-refractivity contribution in [2.75, 3.05) is 18.0 Å². The molecule has 0 unspecified atom stereocenters. The second-order valence-electron chi connectivity index (χ2n) is 7.15. The van der Waals surface area contributed by atoms with E-state index >= 15 is 0 Å². The minimum absolute atomic E-state index is 0.174.